The predicted molar refractivity (Wildman–Crippen MR) is 86.6 cm³/mol. The summed E-state index contributed by atoms with van der Waals surface area (Å²) in [4.78, 5) is 36.2. The minimum Gasteiger partial charge on any atom is -0.497 e. The summed E-state index contributed by atoms with van der Waals surface area (Å²) in [5.41, 5.74) is 0.218. The molecule has 6 heteroatoms. The van der Waals surface area contributed by atoms with E-state index in [0.29, 0.717) is 17.8 Å². The maximum atomic E-state index is 12.5. The number of ether oxygens (including phenoxy) is 3. The summed E-state index contributed by atoms with van der Waals surface area (Å²) in [6, 6.07) is 8.82. The van der Waals surface area contributed by atoms with Gasteiger partial charge in [-0.1, -0.05) is 0 Å². The highest BCUT2D eigenvalue weighted by Gasteiger charge is 2.23. The second-order valence-electron chi connectivity index (χ2n) is 4.80. The van der Waals surface area contributed by atoms with Gasteiger partial charge in [0.2, 0.25) is 11.6 Å². The fourth-order valence-electron chi connectivity index (χ4n) is 2.18. The molecule has 0 atom stereocenters. The zero-order valence-corrected chi connectivity index (χ0v) is 13.5. The first-order chi connectivity index (χ1) is 11.5. The van der Waals surface area contributed by atoms with Crippen LogP contribution in [0.3, 0.4) is 0 Å². The summed E-state index contributed by atoms with van der Waals surface area (Å²) in [6.07, 6.45) is 0.497. The molecule has 0 spiro atoms. The normalized spacial score (nSPS) is 9.96. The van der Waals surface area contributed by atoms with Gasteiger partial charge in [-0.25, -0.2) is 0 Å². The number of methoxy groups -OCH3 is 3. The Hall–Kier alpha value is -3.15. The Balaban J connectivity index is 2.43. The van der Waals surface area contributed by atoms with E-state index in [2.05, 4.69) is 0 Å². The summed E-state index contributed by atoms with van der Waals surface area (Å²) >= 11 is 0. The van der Waals surface area contributed by atoms with Crippen molar-refractivity contribution in [3.8, 4) is 17.2 Å². The molecule has 0 unspecified atom stereocenters. The molecule has 0 aromatic heterocycles. The fourth-order valence-corrected chi connectivity index (χ4v) is 2.18. The fraction of sp³-hybridized carbons (Fsp3) is 0.167. The van der Waals surface area contributed by atoms with E-state index < -0.39 is 11.6 Å². The Kier molecular flexibility index (Phi) is 5.31. The van der Waals surface area contributed by atoms with Gasteiger partial charge < -0.3 is 14.2 Å². The topological polar surface area (TPSA) is 78.9 Å². The number of Topliss-reactive ketones (excluding diaryl/α,β-unsaturated/α-hetero) is 2. The van der Waals surface area contributed by atoms with Crippen LogP contribution in [0, 0.1) is 0 Å². The van der Waals surface area contributed by atoms with Crippen LogP contribution >= 0.6 is 0 Å². The molecule has 2 rings (SSSR count). The zero-order chi connectivity index (χ0) is 17.7. The molecule has 2 aromatic carbocycles. The molecule has 2 aromatic rings. The van der Waals surface area contributed by atoms with E-state index in [1.54, 1.807) is 12.1 Å². The van der Waals surface area contributed by atoms with Crippen LogP contribution in [0.4, 0.5) is 0 Å². The van der Waals surface area contributed by atoms with Crippen molar-refractivity contribution in [2.24, 2.45) is 0 Å². The van der Waals surface area contributed by atoms with Gasteiger partial charge in [0.05, 0.1) is 21.3 Å². The SMILES string of the molecule is COc1ccc(C(=O)C(=O)c2cc(OC)c(OC)cc2C=O)cc1. The van der Waals surface area contributed by atoms with Crippen molar-refractivity contribution in [1.82, 2.24) is 0 Å². The Morgan fingerprint density at radius 1 is 0.833 bits per heavy atom. The molecule has 0 aliphatic heterocycles. The van der Waals surface area contributed by atoms with Crippen LogP contribution in [0.5, 0.6) is 17.2 Å². The standard InChI is InChI=1S/C18H16O6/c1-22-13-6-4-11(5-7-13)17(20)18(21)14-9-16(24-3)15(23-2)8-12(14)10-19/h4-10H,1-3H3. The largest absolute Gasteiger partial charge is 0.497 e. The van der Waals surface area contributed by atoms with Gasteiger partial charge in [-0.2, -0.15) is 0 Å². The number of carbonyl (C=O) groups is 3. The van der Waals surface area contributed by atoms with E-state index in [-0.39, 0.29) is 22.4 Å². The molecular formula is C18H16O6. The lowest BCUT2D eigenvalue weighted by Gasteiger charge is -2.11. The smallest absolute Gasteiger partial charge is 0.234 e. The van der Waals surface area contributed by atoms with Gasteiger partial charge in [0.1, 0.15) is 5.75 Å². The Morgan fingerprint density at radius 3 is 1.92 bits per heavy atom. The first-order valence-corrected chi connectivity index (χ1v) is 7.00. The van der Waals surface area contributed by atoms with Gasteiger partial charge in [0, 0.05) is 16.7 Å². The third kappa shape index (κ3) is 3.27. The van der Waals surface area contributed by atoms with Crippen LogP contribution < -0.4 is 14.2 Å². The Morgan fingerprint density at radius 2 is 1.42 bits per heavy atom. The second-order valence-corrected chi connectivity index (χ2v) is 4.80. The van der Waals surface area contributed by atoms with Crippen LogP contribution in [-0.2, 0) is 0 Å². The number of aldehydes is 1. The van der Waals surface area contributed by atoms with Crippen molar-refractivity contribution >= 4 is 17.9 Å². The highest BCUT2D eigenvalue weighted by Crippen LogP contribution is 2.30. The van der Waals surface area contributed by atoms with Crippen molar-refractivity contribution < 1.29 is 28.6 Å². The van der Waals surface area contributed by atoms with Crippen LogP contribution in [0.2, 0.25) is 0 Å². The molecular weight excluding hydrogens is 312 g/mol. The quantitative estimate of drug-likeness (QED) is 0.441. The highest BCUT2D eigenvalue weighted by molar-refractivity contribution is 6.50. The van der Waals surface area contributed by atoms with Crippen LogP contribution in [0.15, 0.2) is 36.4 Å². The predicted octanol–water partition coefficient (Wildman–Crippen LogP) is 2.59. The van der Waals surface area contributed by atoms with Crippen molar-refractivity contribution in [1.29, 1.82) is 0 Å². The minimum absolute atomic E-state index is 0.0385. The molecule has 0 bridgehead atoms. The number of ketones is 2. The first-order valence-electron chi connectivity index (χ1n) is 7.00. The Bertz CT molecular complexity index is 777. The number of carbonyl (C=O) groups excluding carboxylic acids is 3. The summed E-state index contributed by atoms with van der Waals surface area (Å²) in [5, 5.41) is 0. The van der Waals surface area contributed by atoms with Crippen molar-refractivity contribution in [3.05, 3.63) is 53.1 Å². The monoisotopic (exact) mass is 328 g/mol. The molecule has 0 aliphatic rings. The molecule has 6 nitrogen and oxygen atoms in total. The Labute approximate surface area is 139 Å². The summed E-state index contributed by atoms with van der Waals surface area (Å²) in [7, 11) is 4.32. The lowest BCUT2D eigenvalue weighted by Crippen LogP contribution is -2.16. The minimum atomic E-state index is -0.803. The molecule has 0 fully saturated rings. The van der Waals surface area contributed by atoms with Crippen LogP contribution in [-0.4, -0.2) is 39.2 Å². The van der Waals surface area contributed by atoms with Gasteiger partial charge in [-0.15, -0.1) is 0 Å². The summed E-state index contributed by atoms with van der Waals surface area (Å²) in [5.74, 6) is -0.406. The number of benzene rings is 2. The summed E-state index contributed by atoms with van der Waals surface area (Å²) in [6.45, 7) is 0. The number of hydrogen-bond donors (Lipinski definition) is 0. The van der Waals surface area contributed by atoms with E-state index in [1.807, 2.05) is 0 Å². The van der Waals surface area contributed by atoms with Crippen molar-refractivity contribution in [3.63, 3.8) is 0 Å². The maximum Gasteiger partial charge on any atom is 0.234 e. The van der Waals surface area contributed by atoms with E-state index in [0.717, 1.165) is 0 Å². The average Bonchev–Trinajstić information content (AvgIpc) is 2.65. The lowest BCUT2D eigenvalue weighted by molar-refractivity contribution is 0.0815. The second kappa shape index (κ2) is 7.41. The van der Waals surface area contributed by atoms with E-state index >= 15 is 0 Å². The molecule has 24 heavy (non-hydrogen) atoms. The molecule has 0 heterocycles. The third-order valence-corrected chi connectivity index (χ3v) is 3.49. The summed E-state index contributed by atoms with van der Waals surface area (Å²) < 4.78 is 15.2. The molecule has 124 valence electrons. The van der Waals surface area contributed by atoms with Crippen LogP contribution in [0.25, 0.3) is 0 Å². The number of hydrogen-bond acceptors (Lipinski definition) is 6. The maximum absolute atomic E-state index is 12.5. The molecule has 0 radical (unpaired) electrons. The average molecular weight is 328 g/mol. The lowest BCUT2D eigenvalue weighted by atomic mass is 9.97. The van der Waals surface area contributed by atoms with E-state index in [4.69, 9.17) is 14.2 Å². The molecule has 0 saturated heterocycles. The van der Waals surface area contributed by atoms with Crippen molar-refractivity contribution in [2.45, 2.75) is 0 Å². The van der Waals surface area contributed by atoms with Crippen LogP contribution in [0.1, 0.15) is 31.1 Å². The zero-order valence-electron chi connectivity index (χ0n) is 13.5. The highest BCUT2D eigenvalue weighted by atomic mass is 16.5. The van der Waals surface area contributed by atoms with Gasteiger partial charge >= 0.3 is 0 Å². The molecule has 0 N–H and O–H groups in total. The number of rotatable bonds is 7. The van der Waals surface area contributed by atoms with E-state index in [1.165, 1.54) is 45.6 Å². The first kappa shape index (κ1) is 17.2. The molecule has 0 amide bonds. The van der Waals surface area contributed by atoms with Gasteiger partial charge in [-0.05, 0) is 36.4 Å². The third-order valence-electron chi connectivity index (χ3n) is 3.49. The van der Waals surface area contributed by atoms with Crippen molar-refractivity contribution in [2.75, 3.05) is 21.3 Å². The van der Waals surface area contributed by atoms with Gasteiger partial charge in [-0.3, -0.25) is 14.4 Å². The van der Waals surface area contributed by atoms with Gasteiger partial charge in [0.15, 0.2) is 17.8 Å². The molecule has 0 aliphatic carbocycles. The molecule has 0 saturated carbocycles. The van der Waals surface area contributed by atoms with Gasteiger partial charge in [0.25, 0.3) is 0 Å². The van der Waals surface area contributed by atoms with E-state index in [9.17, 15) is 14.4 Å².